The Balaban J connectivity index is 2.81. The SMILES string of the molecule is CCNC(CC(C)C)c1cccc(OCC)c1. The predicted molar refractivity (Wildman–Crippen MR) is 73.5 cm³/mol. The largest absolute Gasteiger partial charge is 0.494 e. The number of ether oxygens (including phenoxy) is 1. The summed E-state index contributed by atoms with van der Waals surface area (Å²) in [5, 5.41) is 3.54. The highest BCUT2D eigenvalue weighted by Gasteiger charge is 2.12. The van der Waals surface area contributed by atoms with Gasteiger partial charge in [-0.25, -0.2) is 0 Å². The quantitative estimate of drug-likeness (QED) is 0.776. The van der Waals surface area contributed by atoms with E-state index in [-0.39, 0.29) is 0 Å². The van der Waals surface area contributed by atoms with E-state index in [1.165, 1.54) is 5.56 Å². The molecule has 0 radical (unpaired) electrons. The first-order valence-corrected chi connectivity index (χ1v) is 6.63. The summed E-state index contributed by atoms with van der Waals surface area (Å²) < 4.78 is 5.55. The molecule has 0 amide bonds. The van der Waals surface area contributed by atoms with Crippen molar-refractivity contribution < 1.29 is 4.74 Å². The van der Waals surface area contributed by atoms with E-state index >= 15 is 0 Å². The molecule has 0 saturated carbocycles. The molecule has 96 valence electrons. The molecule has 1 aromatic carbocycles. The van der Waals surface area contributed by atoms with E-state index in [0.29, 0.717) is 12.0 Å². The van der Waals surface area contributed by atoms with Gasteiger partial charge in [0.25, 0.3) is 0 Å². The van der Waals surface area contributed by atoms with Crippen molar-refractivity contribution in [3.05, 3.63) is 29.8 Å². The normalized spacial score (nSPS) is 12.8. The van der Waals surface area contributed by atoms with Crippen molar-refractivity contribution in [1.82, 2.24) is 5.32 Å². The van der Waals surface area contributed by atoms with Gasteiger partial charge in [-0.15, -0.1) is 0 Å². The van der Waals surface area contributed by atoms with Gasteiger partial charge in [0.2, 0.25) is 0 Å². The molecule has 0 aromatic heterocycles. The number of nitrogens with one attached hydrogen (secondary N) is 1. The summed E-state index contributed by atoms with van der Waals surface area (Å²) in [4.78, 5) is 0. The molecule has 2 heteroatoms. The third-order valence-electron chi connectivity index (χ3n) is 2.73. The van der Waals surface area contributed by atoms with Crippen LogP contribution in [0, 0.1) is 5.92 Å². The lowest BCUT2D eigenvalue weighted by Crippen LogP contribution is -2.22. The van der Waals surface area contributed by atoms with Crippen molar-refractivity contribution in [3.8, 4) is 5.75 Å². The second-order valence-electron chi connectivity index (χ2n) is 4.75. The zero-order valence-electron chi connectivity index (χ0n) is 11.5. The Morgan fingerprint density at radius 1 is 1.24 bits per heavy atom. The molecule has 0 aliphatic rings. The Kier molecular flexibility index (Phi) is 6.06. The second kappa shape index (κ2) is 7.33. The molecule has 1 unspecified atom stereocenters. The molecule has 0 aliphatic carbocycles. The van der Waals surface area contributed by atoms with Crippen molar-refractivity contribution in [1.29, 1.82) is 0 Å². The third kappa shape index (κ3) is 4.78. The fourth-order valence-corrected chi connectivity index (χ4v) is 2.04. The van der Waals surface area contributed by atoms with Crippen LogP contribution in [0.4, 0.5) is 0 Å². The monoisotopic (exact) mass is 235 g/mol. The van der Waals surface area contributed by atoms with Crippen LogP contribution in [0.15, 0.2) is 24.3 Å². The first-order chi connectivity index (χ1) is 8.17. The van der Waals surface area contributed by atoms with Gasteiger partial charge in [0, 0.05) is 6.04 Å². The highest BCUT2D eigenvalue weighted by Crippen LogP contribution is 2.24. The maximum absolute atomic E-state index is 5.55. The van der Waals surface area contributed by atoms with Gasteiger partial charge in [0.05, 0.1) is 6.61 Å². The second-order valence-corrected chi connectivity index (χ2v) is 4.75. The van der Waals surface area contributed by atoms with Crippen LogP contribution in [-0.4, -0.2) is 13.2 Å². The van der Waals surface area contributed by atoms with Crippen LogP contribution >= 0.6 is 0 Å². The topological polar surface area (TPSA) is 21.3 Å². The molecule has 1 rings (SSSR count). The van der Waals surface area contributed by atoms with Crippen LogP contribution in [0.2, 0.25) is 0 Å². The minimum Gasteiger partial charge on any atom is -0.494 e. The molecule has 1 aromatic rings. The van der Waals surface area contributed by atoms with E-state index in [4.69, 9.17) is 4.74 Å². The average molecular weight is 235 g/mol. The van der Waals surface area contributed by atoms with Gasteiger partial charge < -0.3 is 10.1 Å². The predicted octanol–water partition coefficient (Wildman–Crippen LogP) is 3.78. The molecule has 0 aliphatic heterocycles. The first kappa shape index (κ1) is 14.0. The van der Waals surface area contributed by atoms with Crippen molar-refractivity contribution >= 4 is 0 Å². The first-order valence-electron chi connectivity index (χ1n) is 6.63. The number of rotatable bonds is 7. The third-order valence-corrected chi connectivity index (χ3v) is 2.73. The smallest absolute Gasteiger partial charge is 0.119 e. The molecule has 0 fully saturated rings. The standard InChI is InChI=1S/C15H25NO/c1-5-16-15(10-12(3)4)13-8-7-9-14(11-13)17-6-2/h7-9,11-12,15-16H,5-6,10H2,1-4H3. The molecule has 0 heterocycles. The van der Waals surface area contributed by atoms with E-state index in [9.17, 15) is 0 Å². The Bertz CT molecular complexity index is 322. The fraction of sp³-hybridized carbons (Fsp3) is 0.600. The highest BCUT2D eigenvalue weighted by molar-refractivity contribution is 5.30. The van der Waals surface area contributed by atoms with Crippen molar-refractivity contribution in [3.63, 3.8) is 0 Å². The maximum Gasteiger partial charge on any atom is 0.119 e. The fourth-order valence-electron chi connectivity index (χ4n) is 2.04. The summed E-state index contributed by atoms with van der Waals surface area (Å²) in [6.07, 6.45) is 1.16. The van der Waals surface area contributed by atoms with Gasteiger partial charge in [-0.1, -0.05) is 32.9 Å². The van der Waals surface area contributed by atoms with Crippen LogP contribution < -0.4 is 10.1 Å². The highest BCUT2D eigenvalue weighted by atomic mass is 16.5. The zero-order chi connectivity index (χ0) is 12.7. The molecule has 0 bridgehead atoms. The Morgan fingerprint density at radius 2 is 2.00 bits per heavy atom. The van der Waals surface area contributed by atoms with E-state index < -0.39 is 0 Å². The van der Waals surface area contributed by atoms with Gasteiger partial charge in [0.1, 0.15) is 5.75 Å². The van der Waals surface area contributed by atoms with Crippen LogP contribution in [0.5, 0.6) is 5.75 Å². The summed E-state index contributed by atoms with van der Waals surface area (Å²) in [5.41, 5.74) is 1.33. The van der Waals surface area contributed by atoms with Crippen molar-refractivity contribution in [2.75, 3.05) is 13.2 Å². The van der Waals surface area contributed by atoms with E-state index in [1.54, 1.807) is 0 Å². The van der Waals surface area contributed by atoms with Crippen LogP contribution in [0.25, 0.3) is 0 Å². The maximum atomic E-state index is 5.55. The molecule has 1 N–H and O–H groups in total. The van der Waals surface area contributed by atoms with Gasteiger partial charge >= 0.3 is 0 Å². The van der Waals surface area contributed by atoms with Gasteiger partial charge in [-0.05, 0) is 43.5 Å². The van der Waals surface area contributed by atoms with E-state index in [1.807, 2.05) is 13.0 Å². The lowest BCUT2D eigenvalue weighted by Gasteiger charge is -2.21. The van der Waals surface area contributed by atoms with Gasteiger partial charge in [0.15, 0.2) is 0 Å². The van der Waals surface area contributed by atoms with Crippen molar-refractivity contribution in [2.45, 2.75) is 40.2 Å². The number of hydrogen-bond donors (Lipinski definition) is 1. The van der Waals surface area contributed by atoms with Crippen LogP contribution in [-0.2, 0) is 0 Å². The Hall–Kier alpha value is -1.02. The lowest BCUT2D eigenvalue weighted by atomic mass is 9.97. The summed E-state index contributed by atoms with van der Waals surface area (Å²) in [5.74, 6) is 1.66. The van der Waals surface area contributed by atoms with Crippen LogP contribution in [0.1, 0.15) is 45.7 Å². The van der Waals surface area contributed by atoms with E-state index in [2.05, 4.69) is 44.3 Å². The molecule has 2 nitrogen and oxygen atoms in total. The Labute approximate surface area is 105 Å². The average Bonchev–Trinajstić information content (AvgIpc) is 2.29. The molecular weight excluding hydrogens is 210 g/mol. The van der Waals surface area contributed by atoms with Gasteiger partial charge in [-0.2, -0.15) is 0 Å². The van der Waals surface area contributed by atoms with Gasteiger partial charge in [-0.3, -0.25) is 0 Å². The van der Waals surface area contributed by atoms with Crippen LogP contribution in [0.3, 0.4) is 0 Å². The number of benzene rings is 1. The lowest BCUT2D eigenvalue weighted by molar-refractivity contribution is 0.338. The number of hydrogen-bond acceptors (Lipinski definition) is 2. The zero-order valence-corrected chi connectivity index (χ0v) is 11.5. The minimum atomic E-state index is 0.431. The molecular formula is C15H25NO. The minimum absolute atomic E-state index is 0.431. The summed E-state index contributed by atoms with van der Waals surface area (Å²) in [6.45, 7) is 10.4. The molecule has 17 heavy (non-hydrogen) atoms. The molecule has 1 atom stereocenters. The molecule has 0 spiro atoms. The van der Waals surface area contributed by atoms with E-state index in [0.717, 1.165) is 25.3 Å². The summed E-state index contributed by atoms with van der Waals surface area (Å²) >= 11 is 0. The Morgan fingerprint density at radius 3 is 2.59 bits per heavy atom. The summed E-state index contributed by atoms with van der Waals surface area (Å²) in [7, 11) is 0. The van der Waals surface area contributed by atoms with Crippen molar-refractivity contribution in [2.24, 2.45) is 5.92 Å². The molecule has 0 saturated heterocycles. The summed E-state index contributed by atoms with van der Waals surface area (Å²) in [6, 6.07) is 8.86.